The van der Waals surface area contributed by atoms with Crippen molar-refractivity contribution in [2.75, 3.05) is 19.7 Å². The number of aromatic nitrogens is 2. The Morgan fingerprint density at radius 3 is 2.69 bits per heavy atom. The van der Waals surface area contributed by atoms with E-state index in [1.807, 2.05) is 6.07 Å². The second kappa shape index (κ2) is 9.42. The molecule has 2 amide bonds. The van der Waals surface area contributed by atoms with E-state index < -0.39 is 46.9 Å². The van der Waals surface area contributed by atoms with Crippen molar-refractivity contribution in [3.05, 3.63) is 57.5 Å². The van der Waals surface area contributed by atoms with Crippen LogP contribution in [0.3, 0.4) is 0 Å². The summed E-state index contributed by atoms with van der Waals surface area (Å²) in [5, 5.41) is 37.5. The normalized spacial score (nSPS) is 28.2. The quantitative estimate of drug-likeness (QED) is 0.166. The monoisotopic (exact) mass is 580 g/mol. The van der Waals surface area contributed by atoms with Crippen LogP contribution in [-0.2, 0) is 5.41 Å². The lowest BCUT2D eigenvalue weighted by molar-refractivity contribution is -0.230. The van der Waals surface area contributed by atoms with Crippen molar-refractivity contribution in [3.63, 3.8) is 0 Å². The minimum absolute atomic E-state index is 0.0379. The molecule has 1 fully saturated rings. The standard InChI is InChI=1S/C26H32N10O6/c1-24(2)8-9-42-18-12(4-3-5-13(18)24)20(38)31-16-11-36-23(28)30-15(10-29-21(39)14-6-7-17(37)35-34-14)19-25(36,26(16,40)41)33-22(27)32-19/h3-7,15-16,19,40-41H,8-11H2,1-2H3,(H2,28,30)(H,29,39)(H,31,38)(H,35,37)(H3,27,32,33)/t15-,16-,19-,25-/m0/s1. The van der Waals surface area contributed by atoms with Crippen molar-refractivity contribution >= 4 is 23.7 Å². The maximum absolute atomic E-state index is 13.6. The molecule has 16 heteroatoms. The van der Waals surface area contributed by atoms with Crippen LogP contribution in [0.5, 0.6) is 5.75 Å². The Labute approximate surface area is 239 Å². The lowest BCUT2D eigenvalue weighted by atomic mass is 9.79. The molecule has 4 aliphatic rings. The number of hydrogen-bond donors (Lipinski definition) is 8. The fourth-order valence-corrected chi connectivity index (χ4v) is 6.19. The van der Waals surface area contributed by atoms with Crippen molar-refractivity contribution in [2.24, 2.45) is 21.5 Å². The smallest absolute Gasteiger partial charge is 0.271 e. The van der Waals surface area contributed by atoms with Gasteiger partial charge in [-0.1, -0.05) is 26.0 Å². The number of nitrogens with one attached hydrogen (secondary N) is 4. The first-order valence-corrected chi connectivity index (χ1v) is 13.4. The number of carbonyl (C=O) groups excluding carboxylic acids is 2. The number of carbonyl (C=O) groups is 2. The van der Waals surface area contributed by atoms with Gasteiger partial charge in [-0.3, -0.25) is 14.4 Å². The predicted molar refractivity (Wildman–Crippen MR) is 149 cm³/mol. The summed E-state index contributed by atoms with van der Waals surface area (Å²) >= 11 is 0. The van der Waals surface area contributed by atoms with Crippen molar-refractivity contribution in [1.29, 1.82) is 0 Å². The zero-order chi connectivity index (χ0) is 30.0. The van der Waals surface area contributed by atoms with Gasteiger partial charge in [-0.05, 0) is 24.0 Å². The van der Waals surface area contributed by atoms with Gasteiger partial charge in [0, 0.05) is 24.7 Å². The number of para-hydroxylation sites is 1. The molecule has 1 saturated heterocycles. The van der Waals surface area contributed by atoms with Gasteiger partial charge in [0.05, 0.1) is 18.2 Å². The first-order valence-electron chi connectivity index (χ1n) is 13.4. The molecule has 1 spiro atoms. The number of aliphatic hydroxyl groups is 2. The highest BCUT2D eigenvalue weighted by atomic mass is 16.5. The lowest BCUT2D eigenvalue weighted by Gasteiger charge is -2.49. The molecule has 10 N–H and O–H groups in total. The number of H-pyrrole nitrogens is 1. The first-order chi connectivity index (χ1) is 19.8. The number of guanidine groups is 2. The number of hydrogen-bond acceptors (Lipinski definition) is 13. The summed E-state index contributed by atoms with van der Waals surface area (Å²) in [5.74, 6) is -3.53. The average Bonchev–Trinajstić information content (AvgIpc) is 3.41. The van der Waals surface area contributed by atoms with Crippen LogP contribution in [0.25, 0.3) is 0 Å². The number of aliphatic imine (C=N–C) groups is 2. The minimum Gasteiger partial charge on any atom is -0.492 e. The van der Waals surface area contributed by atoms with Crippen molar-refractivity contribution in [3.8, 4) is 5.75 Å². The number of fused-ring (bicyclic) bond motifs is 1. The maximum Gasteiger partial charge on any atom is 0.271 e. The van der Waals surface area contributed by atoms with Crippen LogP contribution < -0.4 is 37.7 Å². The third-order valence-electron chi connectivity index (χ3n) is 8.45. The molecule has 5 heterocycles. The van der Waals surface area contributed by atoms with Crippen LogP contribution in [0.15, 0.2) is 45.1 Å². The summed E-state index contributed by atoms with van der Waals surface area (Å²) in [4.78, 5) is 47.7. The van der Waals surface area contributed by atoms with E-state index in [1.54, 1.807) is 12.1 Å². The summed E-state index contributed by atoms with van der Waals surface area (Å²) in [7, 11) is 0. The van der Waals surface area contributed by atoms with Crippen molar-refractivity contribution in [2.45, 2.75) is 55.3 Å². The number of benzene rings is 1. The fourth-order valence-electron chi connectivity index (χ4n) is 6.19. The second-order valence-corrected chi connectivity index (χ2v) is 11.4. The molecule has 222 valence electrons. The van der Waals surface area contributed by atoms with Gasteiger partial charge < -0.3 is 47.3 Å². The topological polar surface area (TPSA) is 246 Å². The molecule has 4 aliphatic heterocycles. The van der Waals surface area contributed by atoms with E-state index in [0.717, 1.165) is 18.1 Å². The third-order valence-corrected chi connectivity index (χ3v) is 8.45. The van der Waals surface area contributed by atoms with Crippen LogP contribution in [0, 0.1) is 0 Å². The summed E-state index contributed by atoms with van der Waals surface area (Å²) in [6.45, 7) is 4.33. The largest absolute Gasteiger partial charge is 0.492 e. The third kappa shape index (κ3) is 4.05. The highest BCUT2D eigenvalue weighted by Crippen LogP contribution is 2.45. The van der Waals surface area contributed by atoms with Crippen LogP contribution in [0.1, 0.15) is 46.7 Å². The van der Waals surface area contributed by atoms with E-state index in [1.165, 1.54) is 11.0 Å². The van der Waals surface area contributed by atoms with Gasteiger partial charge in [0.15, 0.2) is 17.6 Å². The highest BCUT2D eigenvalue weighted by Gasteiger charge is 2.73. The van der Waals surface area contributed by atoms with Gasteiger partial charge in [-0.2, -0.15) is 5.10 Å². The van der Waals surface area contributed by atoms with Gasteiger partial charge in [0.2, 0.25) is 5.79 Å². The number of nitrogens with zero attached hydrogens (tertiary/aromatic N) is 4. The van der Waals surface area contributed by atoms with Gasteiger partial charge in [-0.25, -0.2) is 15.1 Å². The Hall–Kier alpha value is -4.70. The predicted octanol–water partition coefficient (Wildman–Crippen LogP) is -2.97. The number of amides is 2. The molecule has 0 bridgehead atoms. The molecule has 4 atom stereocenters. The summed E-state index contributed by atoms with van der Waals surface area (Å²) in [5.41, 5.74) is 11.0. The fraction of sp³-hybridized carbons (Fsp3) is 0.462. The Morgan fingerprint density at radius 2 is 1.95 bits per heavy atom. The van der Waals surface area contributed by atoms with Crippen LogP contribution in [0.4, 0.5) is 0 Å². The molecule has 16 nitrogen and oxygen atoms in total. The number of aromatic amines is 1. The Balaban J connectivity index is 1.26. The van der Waals surface area contributed by atoms with Crippen LogP contribution in [-0.4, -0.2) is 98.3 Å². The minimum atomic E-state index is -2.66. The molecule has 1 aromatic carbocycles. The molecular weight excluding hydrogens is 548 g/mol. The molecule has 0 saturated carbocycles. The van der Waals surface area contributed by atoms with Crippen LogP contribution >= 0.6 is 0 Å². The molecular formula is C26H32N10O6. The number of rotatable bonds is 5. The lowest BCUT2D eigenvalue weighted by Crippen LogP contribution is -2.78. The molecule has 2 aromatic rings. The van der Waals surface area contributed by atoms with E-state index >= 15 is 0 Å². The van der Waals surface area contributed by atoms with Crippen molar-refractivity contribution < 1.29 is 24.5 Å². The first kappa shape index (κ1) is 27.5. The van der Waals surface area contributed by atoms with Gasteiger partial charge >= 0.3 is 0 Å². The number of ether oxygens (including phenoxy) is 1. The second-order valence-electron chi connectivity index (χ2n) is 11.4. The molecule has 1 aromatic heterocycles. The zero-order valence-corrected chi connectivity index (χ0v) is 22.9. The van der Waals surface area contributed by atoms with E-state index in [4.69, 9.17) is 16.2 Å². The average molecular weight is 581 g/mol. The maximum atomic E-state index is 13.6. The van der Waals surface area contributed by atoms with Crippen LogP contribution in [0.2, 0.25) is 0 Å². The zero-order valence-electron chi connectivity index (χ0n) is 22.9. The summed E-state index contributed by atoms with van der Waals surface area (Å²) in [6.07, 6.45) is 0.789. The van der Waals surface area contributed by atoms with Gasteiger partial charge in [0.25, 0.3) is 17.4 Å². The molecule has 0 radical (unpaired) electrons. The summed E-state index contributed by atoms with van der Waals surface area (Å²) < 4.78 is 5.88. The highest BCUT2D eigenvalue weighted by molar-refractivity contribution is 5.98. The Kier molecular flexibility index (Phi) is 6.16. The SMILES string of the molecule is CC1(C)CCOc2c(C(=O)N[C@H]3CN4C(N)=N[C@@H](CNC(=O)c5ccc(=O)[nH]n5)[C@@H]5N=C(N)N[C@@]54C3(O)O)cccc21. The van der Waals surface area contributed by atoms with E-state index in [-0.39, 0.29) is 41.7 Å². The van der Waals surface area contributed by atoms with Gasteiger partial charge in [-0.15, -0.1) is 0 Å². The molecule has 6 rings (SSSR count). The molecule has 0 unspecified atom stereocenters. The van der Waals surface area contributed by atoms with E-state index in [2.05, 4.69) is 50.0 Å². The number of nitrogens with two attached hydrogens (primary N) is 2. The van der Waals surface area contributed by atoms with E-state index in [0.29, 0.717) is 12.4 Å². The van der Waals surface area contributed by atoms with E-state index in [9.17, 15) is 24.6 Å². The summed E-state index contributed by atoms with van der Waals surface area (Å²) in [6, 6.07) is 4.55. The molecule has 0 aliphatic carbocycles. The van der Waals surface area contributed by atoms with Crippen molar-refractivity contribution in [1.82, 2.24) is 31.0 Å². The van der Waals surface area contributed by atoms with Gasteiger partial charge in [0.1, 0.15) is 23.5 Å². The Morgan fingerprint density at radius 1 is 1.17 bits per heavy atom. The Bertz CT molecular complexity index is 1560. The molecule has 42 heavy (non-hydrogen) atoms.